The van der Waals surface area contributed by atoms with Gasteiger partial charge in [-0.2, -0.15) is 0 Å². The van der Waals surface area contributed by atoms with Crippen molar-refractivity contribution in [3.8, 4) is 0 Å². The summed E-state index contributed by atoms with van der Waals surface area (Å²) >= 11 is 0. The van der Waals surface area contributed by atoms with E-state index in [2.05, 4.69) is 5.32 Å². The molecule has 0 radical (unpaired) electrons. The number of anilines is 1. The van der Waals surface area contributed by atoms with Crippen LogP contribution >= 0.6 is 0 Å². The minimum atomic E-state index is -0.949. The molecule has 0 saturated carbocycles. The first-order valence-corrected chi connectivity index (χ1v) is 7.17. The lowest BCUT2D eigenvalue weighted by molar-refractivity contribution is -0.142. The Kier molecular flexibility index (Phi) is 4.63. The number of hydrogen-bond acceptors (Lipinski definition) is 3. The molecule has 1 unspecified atom stereocenters. The van der Waals surface area contributed by atoms with Crippen molar-refractivity contribution >= 4 is 17.6 Å². The van der Waals surface area contributed by atoms with Crippen molar-refractivity contribution in [1.82, 2.24) is 0 Å². The zero-order valence-electron chi connectivity index (χ0n) is 12.4. The standard InChI is InChI=1S/C16H21NO4/c1-16(2,15(19)20)11-6-8-12(9-7-11)17-14(18)13-5-3-4-10-21-13/h6-9,13H,3-5,10H2,1-2H3,(H,17,18)(H,19,20). The second-order valence-corrected chi connectivity index (χ2v) is 5.85. The number of hydrogen-bond donors (Lipinski definition) is 2. The van der Waals surface area contributed by atoms with Crippen LogP contribution in [0.3, 0.4) is 0 Å². The summed E-state index contributed by atoms with van der Waals surface area (Å²) in [6.07, 6.45) is 2.37. The van der Waals surface area contributed by atoms with Gasteiger partial charge in [0, 0.05) is 12.3 Å². The van der Waals surface area contributed by atoms with Crippen molar-refractivity contribution in [3.05, 3.63) is 29.8 Å². The molecule has 1 heterocycles. The molecule has 2 N–H and O–H groups in total. The molecule has 1 amide bonds. The molecule has 0 aromatic heterocycles. The normalized spacial score (nSPS) is 19.0. The number of aliphatic carboxylic acids is 1. The summed E-state index contributed by atoms with van der Waals surface area (Å²) in [5.41, 5.74) is 0.399. The summed E-state index contributed by atoms with van der Waals surface area (Å²) in [5.74, 6) is -1.02. The summed E-state index contributed by atoms with van der Waals surface area (Å²) in [4.78, 5) is 23.2. The molecule has 0 spiro atoms. The summed E-state index contributed by atoms with van der Waals surface area (Å²) in [5, 5.41) is 12.0. The number of carboxylic acid groups (broad SMARTS) is 1. The average Bonchev–Trinajstić information content (AvgIpc) is 2.48. The maximum absolute atomic E-state index is 12.0. The molecule has 0 bridgehead atoms. The minimum absolute atomic E-state index is 0.139. The van der Waals surface area contributed by atoms with Gasteiger partial charge in [-0.15, -0.1) is 0 Å². The summed E-state index contributed by atoms with van der Waals surface area (Å²) in [7, 11) is 0. The quantitative estimate of drug-likeness (QED) is 0.894. The molecule has 1 aliphatic rings. The number of carbonyl (C=O) groups is 2. The maximum atomic E-state index is 12.0. The Morgan fingerprint density at radius 1 is 1.24 bits per heavy atom. The fourth-order valence-corrected chi connectivity index (χ4v) is 2.26. The Morgan fingerprint density at radius 3 is 2.43 bits per heavy atom. The highest BCUT2D eigenvalue weighted by Crippen LogP contribution is 2.25. The van der Waals surface area contributed by atoms with Crippen molar-refractivity contribution in [2.75, 3.05) is 11.9 Å². The van der Waals surface area contributed by atoms with Gasteiger partial charge in [-0.3, -0.25) is 9.59 Å². The molecule has 1 aromatic carbocycles. The van der Waals surface area contributed by atoms with Crippen molar-refractivity contribution in [2.24, 2.45) is 0 Å². The van der Waals surface area contributed by atoms with E-state index in [1.54, 1.807) is 38.1 Å². The van der Waals surface area contributed by atoms with Gasteiger partial charge in [0.05, 0.1) is 5.41 Å². The third kappa shape index (κ3) is 3.61. The van der Waals surface area contributed by atoms with Crippen LogP contribution in [0.15, 0.2) is 24.3 Å². The van der Waals surface area contributed by atoms with Gasteiger partial charge in [0.15, 0.2) is 0 Å². The van der Waals surface area contributed by atoms with Crippen molar-refractivity contribution < 1.29 is 19.4 Å². The van der Waals surface area contributed by atoms with Crippen LogP contribution in [0.2, 0.25) is 0 Å². The predicted molar refractivity (Wildman–Crippen MR) is 79.3 cm³/mol. The van der Waals surface area contributed by atoms with Crippen LogP contribution in [0.4, 0.5) is 5.69 Å². The first-order chi connectivity index (χ1) is 9.91. The lowest BCUT2D eigenvalue weighted by Gasteiger charge is -2.22. The number of benzene rings is 1. The third-order valence-corrected chi connectivity index (χ3v) is 3.88. The molecule has 5 nitrogen and oxygen atoms in total. The molecule has 1 aliphatic heterocycles. The van der Waals surface area contributed by atoms with Gasteiger partial charge in [0.2, 0.25) is 0 Å². The fourth-order valence-electron chi connectivity index (χ4n) is 2.26. The number of carboxylic acids is 1. The Morgan fingerprint density at radius 2 is 1.90 bits per heavy atom. The van der Waals surface area contributed by atoms with E-state index >= 15 is 0 Å². The van der Waals surface area contributed by atoms with Crippen LogP contribution in [-0.4, -0.2) is 29.7 Å². The monoisotopic (exact) mass is 291 g/mol. The van der Waals surface area contributed by atoms with Gasteiger partial charge in [0.1, 0.15) is 6.10 Å². The van der Waals surface area contributed by atoms with E-state index in [9.17, 15) is 14.7 Å². The van der Waals surface area contributed by atoms with Gasteiger partial charge >= 0.3 is 5.97 Å². The number of carbonyl (C=O) groups excluding carboxylic acids is 1. The molecule has 1 atom stereocenters. The van der Waals surface area contributed by atoms with Crippen molar-refractivity contribution in [3.63, 3.8) is 0 Å². The number of rotatable bonds is 4. The van der Waals surface area contributed by atoms with Gasteiger partial charge in [0.25, 0.3) is 5.91 Å². The smallest absolute Gasteiger partial charge is 0.313 e. The first-order valence-electron chi connectivity index (χ1n) is 7.17. The summed E-state index contributed by atoms with van der Waals surface area (Å²) in [6, 6.07) is 6.90. The molecule has 1 saturated heterocycles. The second kappa shape index (κ2) is 6.26. The molecule has 114 valence electrons. The lowest BCUT2D eigenvalue weighted by atomic mass is 9.85. The van der Waals surface area contributed by atoms with E-state index in [4.69, 9.17) is 4.74 Å². The van der Waals surface area contributed by atoms with E-state index in [1.807, 2.05) is 0 Å². The van der Waals surface area contributed by atoms with Gasteiger partial charge in [-0.1, -0.05) is 12.1 Å². The van der Waals surface area contributed by atoms with E-state index in [1.165, 1.54) is 0 Å². The predicted octanol–water partition coefficient (Wildman–Crippen LogP) is 2.56. The van der Waals surface area contributed by atoms with Gasteiger partial charge in [-0.25, -0.2) is 0 Å². The summed E-state index contributed by atoms with van der Waals surface area (Å²) < 4.78 is 5.43. The third-order valence-electron chi connectivity index (χ3n) is 3.88. The molecule has 5 heteroatoms. The number of nitrogens with one attached hydrogen (secondary N) is 1. The van der Waals surface area contributed by atoms with Crippen LogP contribution in [0.1, 0.15) is 38.7 Å². The zero-order chi connectivity index (χ0) is 15.5. The van der Waals surface area contributed by atoms with E-state index < -0.39 is 11.4 Å². The Labute approximate surface area is 124 Å². The molecular formula is C16H21NO4. The van der Waals surface area contributed by atoms with Crippen LogP contribution in [0.25, 0.3) is 0 Å². The maximum Gasteiger partial charge on any atom is 0.313 e. The van der Waals surface area contributed by atoms with Crippen LogP contribution < -0.4 is 5.32 Å². The zero-order valence-corrected chi connectivity index (χ0v) is 12.4. The van der Waals surface area contributed by atoms with Crippen LogP contribution in [-0.2, 0) is 19.7 Å². The Hall–Kier alpha value is -1.88. The Balaban J connectivity index is 2.02. The molecule has 1 fully saturated rings. The van der Waals surface area contributed by atoms with Crippen molar-refractivity contribution in [1.29, 1.82) is 0 Å². The lowest BCUT2D eigenvalue weighted by Crippen LogP contribution is -2.33. The van der Waals surface area contributed by atoms with Gasteiger partial charge < -0.3 is 15.2 Å². The van der Waals surface area contributed by atoms with E-state index in [-0.39, 0.29) is 12.0 Å². The Bertz CT molecular complexity index is 516. The second-order valence-electron chi connectivity index (χ2n) is 5.85. The van der Waals surface area contributed by atoms with Crippen molar-refractivity contribution in [2.45, 2.75) is 44.6 Å². The fraction of sp³-hybridized carbons (Fsp3) is 0.500. The molecule has 0 aliphatic carbocycles. The van der Waals surface area contributed by atoms with Crippen LogP contribution in [0.5, 0.6) is 0 Å². The van der Waals surface area contributed by atoms with Gasteiger partial charge in [-0.05, 0) is 50.8 Å². The number of ether oxygens (including phenoxy) is 1. The average molecular weight is 291 g/mol. The highest BCUT2D eigenvalue weighted by atomic mass is 16.5. The number of amides is 1. The molecule has 1 aromatic rings. The molecular weight excluding hydrogens is 270 g/mol. The minimum Gasteiger partial charge on any atom is -0.481 e. The van der Waals surface area contributed by atoms with Crippen LogP contribution in [0, 0.1) is 0 Å². The SMILES string of the molecule is CC(C)(C(=O)O)c1ccc(NC(=O)C2CCCCO2)cc1. The van der Waals surface area contributed by atoms with E-state index in [0.29, 0.717) is 17.9 Å². The highest BCUT2D eigenvalue weighted by molar-refractivity contribution is 5.94. The largest absolute Gasteiger partial charge is 0.481 e. The topological polar surface area (TPSA) is 75.6 Å². The first kappa shape index (κ1) is 15.5. The highest BCUT2D eigenvalue weighted by Gasteiger charge is 2.29. The van der Waals surface area contributed by atoms with E-state index in [0.717, 1.165) is 19.3 Å². The summed E-state index contributed by atoms with van der Waals surface area (Å²) in [6.45, 7) is 3.93. The molecule has 2 rings (SSSR count). The molecule has 21 heavy (non-hydrogen) atoms.